The van der Waals surface area contributed by atoms with Crippen LogP contribution in [0.25, 0.3) is 0 Å². The summed E-state index contributed by atoms with van der Waals surface area (Å²) >= 11 is 0. The Morgan fingerprint density at radius 1 is 1.42 bits per heavy atom. The van der Waals surface area contributed by atoms with Crippen LogP contribution in [-0.4, -0.2) is 26.5 Å². The van der Waals surface area contributed by atoms with E-state index in [2.05, 4.69) is 10.3 Å². The Kier molecular flexibility index (Phi) is 3.28. The second-order valence-corrected chi connectivity index (χ2v) is 3.87. The van der Waals surface area contributed by atoms with Crippen molar-refractivity contribution in [2.45, 2.75) is 0 Å². The maximum absolute atomic E-state index is 13.1. The molecule has 7 heteroatoms. The van der Waals surface area contributed by atoms with Gasteiger partial charge in [-0.15, -0.1) is 0 Å². The molecule has 0 atom stereocenters. The smallest absolute Gasteiger partial charge is 0.337 e. The maximum atomic E-state index is 13.1. The highest BCUT2D eigenvalue weighted by Gasteiger charge is 2.15. The molecular weight excluding hydrogens is 253 g/mol. The van der Waals surface area contributed by atoms with Crippen molar-refractivity contribution in [3.05, 3.63) is 47.8 Å². The molecule has 0 saturated carbocycles. The number of imidazole rings is 1. The van der Waals surface area contributed by atoms with Gasteiger partial charge < -0.3 is 15.0 Å². The number of carbonyl (C=O) groups excluding carboxylic acids is 1. The number of nitrogens with one attached hydrogen (secondary N) is 1. The van der Waals surface area contributed by atoms with Crippen LogP contribution in [0.5, 0.6) is 0 Å². The molecule has 0 saturated heterocycles. The predicted molar refractivity (Wildman–Crippen MR) is 64.5 cm³/mol. The van der Waals surface area contributed by atoms with Gasteiger partial charge >= 0.3 is 5.97 Å². The summed E-state index contributed by atoms with van der Waals surface area (Å²) in [5.41, 5.74) is -0.183. The zero-order valence-electron chi connectivity index (χ0n) is 9.92. The third-order valence-corrected chi connectivity index (χ3v) is 2.40. The number of amides is 1. The summed E-state index contributed by atoms with van der Waals surface area (Å²) in [4.78, 5) is 26.6. The van der Waals surface area contributed by atoms with Gasteiger partial charge in [-0.25, -0.2) is 14.2 Å². The first-order valence-corrected chi connectivity index (χ1v) is 5.29. The molecule has 0 aliphatic heterocycles. The monoisotopic (exact) mass is 263 g/mol. The number of rotatable bonds is 3. The van der Waals surface area contributed by atoms with Crippen molar-refractivity contribution in [2.24, 2.45) is 7.05 Å². The molecule has 1 aromatic carbocycles. The standard InChI is InChI=1S/C12H10FN3O3/c1-16-5-10(14-6-16)11(17)15-9-4-7(13)2-3-8(9)12(18)19/h2-6H,1H3,(H,15,17)(H,18,19). The number of halogens is 1. The van der Waals surface area contributed by atoms with Gasteiger partial charge in [0, 0.05) is 13.2 Å². The summed E-state index contributed by atoms with van der Waals surface area (Å²) in [6.07, 6.45) is 2.90. The number of carboxylic acids is 1. The topological polar surface area (TPSA) is 84.2 Å². The van der Waals surface area contributed by atoms with E-state index >= 15 is 0 Å². The van der Waals surface area contributed by atoms with Crippen molar-refractivity contribution in [3.63, 3.8) is 0 Å². The van der Waals surface area contributed by atoms with E-state index in [0.29, 0.717) is 0 Å². The molecular formula is C12H10FN3O3. The Morgan fingerprint density at radius 2 is 2.16 bits per heavy atom. The molecule has 0 aliphatic rings. The maximum Gasteiger partial charge on any atom is 0.337 e. The molecule has 0 radical (unpaired) electrons. The number of aromatic carboxylic acids is 1. The average molecular weight is 263 g/mol. The fourth-order valence-electron chi connectivity index (χ4n) is 1.52. The first kappa shape index (κ1) is 12.7. The molecule has 19 heavy (non-hydrogen) atoms. The molecule has 1 aromatic heterocycles. The number of aryl methyl sites for hydroxylation is 1. The highest BCUT2D eigenvalue weighted by Crippen LogP contribution is 2.18. The molecule has 1 amide bonds. The largest absolute Gasteiger partial charge is 0.478 e. The second kappa shape index (κ2) is 4.89. The Balaban J connectivity index is 2.30. The molecule has 0 spiro atoms. The summed E-state index contributed by atoms with van der Waals surface area (Å²) in [6.45, 7) is 0. The summed E-state index contributed by atoms with van der Waals surface area (Å²) in [6, 6.07) is 3.05. The third-order valence-electron chi connectivity index (χ3n) is 2.40. The lowest BCUT2D eigenvalue weighted by Gasteiger charge is -2.07. The molecule has 2 aromatic rings. The van der Waals surface area contributed by atoms with E-state index in [0.717, 1.165) is 18.2 Å². The second-order valence-electron chi connectivity index (χ2n) is 3.87. The van der Waals surface area contributed by atoms with Gasteiger partial charge in [0.1, 0.15) is 11.5 Å². The summed E-state index contributed by atoms with van der Waals surface area (Å²) < 4.78 is 14.7. The highest BCUT2D eigenvalue weighted by atomic mass is 19.1. The average Bonchev–Trinajstić information content (AvgIpc) is 2.75. The minimum absolute atomic E-state index is 0.108. The van der Waals surface area contributed by atoms with Gasteiger partial charge in [0.05, 0.1) is 17.6 Å². The van der Waals surface area contributed by atoms with E-state index in [1.165, 1.54) is 12.5 Å². The molecule has 98 valence electrons. The van der Waals surface area contributed by atoms with Crippen LogP contribution in [0.4, 0.5) is 10.1 Å². The Hall–Kier alpha value is -2.70. The molecule has 2 N–H and O–H groups in total. The van der Waals surface area contributed by atoms with Crippen LogP contribution in [-0.2, 0) is 7.05 Å². The van der Waals surface area contributed by atoms with Gasteiger partial charge in [-0.3, -0.25) is 4.79 Å². The van der Waals surface area contributed by atoms with E-state index < -0.39 is 17.7 Å². The fourth-order valence-corrected chi connectivity index (χ4v) is 1.52. The number of carboxylic acid groups (broad SMARTS) is 1. The van der Waals surface area contributed by atoms with Gasteiger partial charge in [-0.05, 0) is 18.2 Å². The normalized spacial score (nSPS) is 10.2. The lowest BCUT2D eigenvalue weighted by molar-refractivity contribution is 0.0698. The summed E-state index contributed by atoms with van der Waals surface area (Å²) in [5, 5.41) is 11.3. The fraction of sp³-hybridized carbons (Fsp3) is 0.0833. The molecule has 0 fully saturated rings. The quantitative estimate of drug-likeness (QED) is 0.879. The third kappa shape index (κ3) is 2.76. The van der Waals surface area contributed by atoms with Crippen molar-refractivity contribution in [1.29, 1.82) is 0 Å². The van der Waals surface area contributed by atoms with E-state index in [4.69, 9.17) is 5.11 Å². The summed E-state index contributed by atoms with van der Waals surface area (Å²) in [7, 11) is 1.69. The molecule has 0 bridgehead atoms. The summed E-state index contributed by atoms with van der Waals surface area (Å²) in [5.74, 6) is -2.49. The van der Waals surface area contributed by atoms with E-state index in [1.807, 2.05) is 0 Å². The highest BCUT2D eigenvalue weighted by molar-refractivity contribution is 6.06. The first-order valence-electron chi connectivity index (χ1n) is 5.29. The molecule has 0 aliphatic carbocycles. The SMILES string of the molecule is Cn1cnc(C(=O)Nc2cc(F)ccc2C(=O)O)c1. The van der Waals surface area contributed by atoms with Gasteiger partial charge in [0.25, 0.3) is 5.91 Å². The van der Waals surface area contributed by atoms with Gasteiger partial charge in [0.2, 0.25) is 0 Å². The van der Waals surface area contributed by atoms with Gasteiger partial charge in [0.15, 0.2) is 0 Å². The number of hydrogen-bond donors (Lipinski definition) is 2. The Bertz CT molecular complexity index is 651. The van der Waals surface area contributed by atoms with Crippen LogP contribution in [0.3, 0.4) is 0 Å². The molecule has 6 nitrogen and oxygen atoms in total. The van der Waals surface area contributed by atoms with Crippen molar-refractivity contribution in [3.8, 4) is 0 Å². The van der Waals surface area contributed by atoms with E-state index in [9.17, 15) is 14.0 Å². The number of carbonyl (C=O) groups is 2. The zero-order chi connectivity index (χ0) is 14.0. The van der Waals surface area contributed by atoms with Crippen molar-refractivity contribution < 1.29 is 19.1 Å². The lowest BCUT2D eigenvalue weighted by Crippen LogP contribution is -2.15. The minimum atomic E-state index is -1.25. The van der Waals surface area contributed by atoms with Crippen LogP contribution in [0.15, 0.2) is 30.7 Å². The van der Waals surface area contributed by atoms with Crippen LogP contribution in [0.1, 0.15) is 20.8 Å². The van der Waals surface area contributed by atoms with Crippen molar-refractivity contribution >= 4 is 17.6 Å². The first-order chi connectivity index (χ1) is 8.97. The van der Waals surface area contributed by atoms with E-state index in [1.54, 1.807) is 11.6 Å². The van der Waals surface area contributed by atoms with Gasteiger partial charge in [-0.1, -0.05) is 0 Å². The van der Waals surface area contributed by atoms with E-state index in [-0.39, 0.29) is 16.9 Å². The van der Waals surface area contributed by atoms with Gasteiger partial charge in [-0.2, -0.15) is 0 Å². The predicted octanol–water partition coefficient (Wildman–Crippen LogP) is 1.51. The molecule has 2 rings (SSSR count). The van der Waals surface area contributed by atoms with Crippen molar-refractivity contribution in [2.75, 3.05) is 5.32 Å². The van der Waals surface area contributed by atoms with Crippen LogP contribution in [0, 0.1) is 5.82 Å². The van der Waals surface area contributed by atoms with Crippen LogP contribution >= 0.6 is 0 Å². The van der Waals surface area contributed by atoms with Crippen molar-refractivity contribution in [1.82, 2.24) is 9.55 Å². The number of benzene rings is 1. The number of anilines is 1. The number of aromatic nitrogens is 2. The van der Waals surface area contributed by atoms with Crippen LogP contribution < -0.4 is 5.32 Å². The number of hydrogen-bond acceptors (Lipinski definition) is 3. The number of nitrogens with zero attached hydrogens (tertiary/aromatic N) is 2. The molecule has 0 unspecified atom stereocenters. The van der Waals surface area contributed by atoms with Crippen LogP contribution in [0.2, 0.25) is 0 Å². The Morgan fingerprint density at radius 3 is 2.74 bits per heavy atom. The molecule has 1 heterocycles. The lowest BCUT2D eigenvalue weighted by atomic mass is 10.1. The minimum Gasteiger partial charge on any atom is -0.478 e. The zero-order valence-corrected chi connectivity index (χ0v) is 9.92. The Labute approximate surface area is 107 Å².